The summed E-state index contributed by atoms with van der Waals surface area (Å²) in [5, 5.41) is 5.63. The Morgan fingerprint density at radius 1 is 1.32 bits per heavy atom. The molecule has 0 heterocycles. The Balaban J connectivity index is 2.20. The molecule has 0 aromatic heterocycles. The lowest BCUT2D eigenvalue weighted by Gasteiger charge is -2.10. The highest BCUT2D eigenvalue weighted by molar-refractivity contribution is 6.33. The fraction of sp³-hybridized carbons (Fsp3) is 0.462. The first-order valence-corrected chi connectivity index (χ1v) is 6.43. The van der Waals surface area contributed by atoms with Gasteiger partial charge in [0.15, 0.2) is 0 Å². The third-order valence-corrected chi connectivity index (χ3v) is 2.78. The summed E-state index contributed by atoms with van der Waals surface area (Å²) in [5.41, 5.74) is 0.516. The number of para-hydroxylation sites is 1. The van der Waals surface area contributed by atoms with E-state index in [0.29, 0.717) is 30.1 Å². The monoisotopic (exact) mass is 290 g/mol. The van der Waals surface area contributed by atoms with Crippen molar-refractivity contribution in [3.8, 4) is 0 Å². The SMILES string of the molecule is CC(F)(F)CCCCNC(=O)Nc1ccccc1Cl. The van der Waals surface area contributed by atoms with Gasteiger partial charge in [-0.05, 0) is 31.9 Å². The number of alkyl halides is 2. The van der Waals surface area contributed by atoms with Gasteiger partial charge in [-0.1, -0.05) is 23.7 Å². The van der Waals surface area contributed by atoms with Crippen molar-refractivity contribution < 1.29 is 13.6 Å². The summed E-state index contributed by atoms with van der Waals surface area (Å²) in [6.45, 7) is 1.25. The molecule has 0 aliphatic carbocycles. The minimum Gasteiger partial charge on any atom is -0.338 e. The number of hydrogen-bond donors (Lipinski definition) is 2. The van der Waals surface area contributed by atoms with E-state index < -0.39 is 12.0 Å². The summed E-state index contributed by atoms with van der Waals surface area (Å²) >= 11 is 5.88. The highest BCUT2D eigenvalue weighted by Crippen LogP contribution is 2.20. The molecule has 1 aromatic rings. The van der Waals surface area contributed by atoms with Crippen LogP contribution < -0.4 is 10.6 Å². The van der Waals surface area contributed by atoms with Gasteiger partial charge in [-0.3, -0.25) is 0 Å². The van der Waals surface area contributed by atoms with Gasteiger partial charge >= 0.3 is 6.03 Å². The zero-order valence-corrected chi connectivity index (χ0v) is 11.4. The number of carbonyl (C=O) groups excluding carboxylic acids is 1. The van der Waals surface area contributed by atoms with E-state index in [1.54, 1.807) is 24.3 Å². The molecule has 0 unspecified atom stereocenters. The molecule has 0 aliphatic heterocycles. The number of benzene rings is 1. The number of anilines is 1. The quantitative estimate of drug-likeness (QED) is 0.754. The lowest BCUT2D eigenvalue weighted by Crippen LogP contribution is -2.29. The van der Waals surface area contributed by atoms with Crippen molar-refractivity contribution in [1.82, 2.24) is 5.32 Å². The minimum absolute atomic E-state index is 0.166. The average Bonchev–Trinajstić information content (AvgIpc) is 2.30. The maximum atomic E-state index is 12.5. The van der Waals surface area contributed by atoms with Crippen LogP contribution >= 0.6 is 11.6 Å². The second-order valence-electron chi connectivity index (χ2n) is 4.39. The number of amides is 2. The summed E-state index contributed by atoms with van der Waals surface area (Å²) in [7, 11) is 0. The van der Waals surface area contributed by atoms with Gasteiger partial charge in [0.25, 0.3) is 0 Å². The average molecular weight is 291 g/mol. The van der Waals surface area contributed by atoms with Gasteiger partial charge in [-0.15, -0.1) is 0 Å². The van der Waals surface area contributed by atoms with E-state index in [1.165, 1.54) is 0 Å². The molecular formula is C13H17ClF2N2O. The Kier molecular flexibility index (Phi) is 6.02. The van der Waals surface area contributed by atoms with Crippen molar-refractivity contribution in [1.29, 1.82) is 0 Å². The first kappa shape index (κ1) is 15.7. The van der Waals surface area contributed by atoms with E-state index in [2.05, 4.69) is 10.6 Å². The maximum Gasteiger partial charge on any atom is 0.319 e. The molecule has 6 heteroatoms. The molecule has 0 saturated carbocycles. The smallest absolute Gasteiger partial charge is 0.319 e. The normalized spacial score (nSPS) is 11.2. The van der Waals surface area contributed by atoms with Gasteiger partial charge in [-0.25, -0.2) is 13.6 Å². The topological polar surface area (TPSA) is 41.1 Å². The summed E-state index contributed by atoms with van der Waals surface area (Å²) in [4.78, 5) is 11.5. The van der Waals surface area contributed by atoms with Gasteiger partial charge in [0.05, 0.1) is 10.7 Å². The van der Waals surface area contributed by atoms with Crippen LogP contribution in [0.3, 0.4) is 0 Å². The number of unbranched alkanes of at least 4 members (excludes halogenated alkanes) is 1. The summed E-state index contributed by atoms with van der Waals surface area (Å²) in [6.07, 6.45) is 0.718. The number of halogens is 3. The van der Waals surface area contributed by atoms with Crippen molar-refractivity contribution >= 4 is 23.3 Å². The molecule has 2 N–H and O–H groups in total. The molecule has 3 nitrogen and oxygen atoms in total. The molecule has 1 aromatic carbocycles. The third-order valence-electron chi connectivity index (χ3n) is 2.45. The summed E-state index contributed by atoms with van der Waals surface area (Å²) in [5.74, 6) is -2.64. The van der Waals surface area contributed by atoms with Gasteiger partial charge < -0.3 is 10.6 Å². The molecule has 0 atom stereocenters. The second-order valence-corrected chi connectivity index (χ2v) is 4.80. The lowest BCUT2D eigenvalue weighted by molar-refractivity contribution is 0.0106. The molecule has 2 amide bonds. The van der Waals surface area contributed by atoms with Crippen LogP contribution in [0.4, 0.5) is 19.3 Å². The van der Waals surface area contributed by atoms with E-state index in [4.69, 9.17) is 11.6 Å². The third kappa shape index (κ3) is 6.96. The Labute approximate surface area is 116 Å². The van der Waals surface area contributed by atoms with Gasteiger partial charge in [0.1, 0.15) is 0 Å². The molecule has 106 valence electrons. The van der Waals surface area contributed by atoms with Crippen molar-refractivity contribution in [2.75, 3.05) is 11.9 Å². The van der Waals surface area contributed by atoms with Crippen LogP contribution in [-0.4, -0.2) is 18.5 Å². The van der Waals surface area contributed by atoms with Crippen LogP contribution in [0, 0.1) is 0 Å². The molecule has 0 bridgehead atoms. The lowest BCUT2D eigenvalue weighted by atomic mass is 10.1. The number of rotatable bonds is 6. The molecule has 0 fully saturated rings. The largest absolute Gasteiger partial charge is 0.338 e. The molecule has 0 spiro atoms. The van der Waals surface area contributed by atoms with E-state index in [1.807, 2.05) is 0 Å². The van der Waals surface area contributed by atoms with Crippen molar-refractivity contribution in [3.05, 3.63) is 29.3 Å². The minimum atomic E-state index is -2.64. The Morgan fingerprint density at radius 2 is 2.00 bits per heavy atom. The van der Waals surface area contributed by atoms with E-state index in [-0.39, 0.29) is 6.42 Å². The Bertz CT molecular complexity index is 421. The number of urea groups is 1. The van der Waals surface area contributed by atoms with Crippen LogP contribution in [0.1, 0.15) is 26.2 Å². The Morgan fingerprint density at radius 3 is 2.63 bits per heavy atom. The predicted octanol–water partition coefficient (Wildman–Crippen LogP) is 4.29. The second kappa shape index (κ2) is 7.28. The van der Waals surface area contributed by atoms with Gasteiger partial charge in [0.2, 0.25) is 5.92 Å². The van der Waals surface area contributed by atoms with E-state index >= 15 is 0 Å². The van der Waals surface area contributed by atoms with Crippen molar-refractivity contribution in [2.24, 2.45) is 0 Å². The molecule has 0 saturated heterocycles. The first-order valence-electron chi connectivity index (χ1n) is 6.06. The molecule has 0 radical (unpaired) electrons. The van der Waals surface area contributed by atoms with Crippen LogP contribution in [0.2, 0.25) is 5.02 Å². The Hall–Kier alpha value is -1.36. The fourth-order valence-electron chi connectivity index (χ4n) is 1.49. The predicted molar refractivity (Wildman–Crippen MR) is 72.9 cm³/mol. The maximum absolute atomic E-state index is 12.5. The zero-order valence-electron chi connectivity index (χ0n) is 10.7. The fourth-order valence-corrected chi connectivity index (χ4v) is 1.67. The van der Waals surface area contributed by atoms with Crippen LogP contribution in [0.25, 0.3) is 0 Å². The standard InChI is InChI=1S/C13H17ClF2N2O/c1-13(15,16)8-4-5-9-17-12(19)18-11-7-3-2-6-10(11)14/h2-3,6-7H,4-5,8-9H2,1H3,(H2,17,18,19). The number of hydrogen-bond acceptors (Lipinski definition) is 1. The highest BCUT2D eigenvalue weighted by Gasteiger charge is 2.19. The molecule has 0 aliphatic rings. The van der Waals surface area contributed by atoms with E-state index in [0.717, 1.165) is 6.92 Å². The number of carbonyl (C=O) groups is 1. The molecular weight excluding hydrogens is 274 g/mol. The van der Waals surface area contributed by atoms with Crippen LogP contribution in [0.5, 0.6) is 0 Å². The first-order chi connectivity index (χ1) is 8.88. The van der Waals surface area contributed by atoms with Crippen molar-refractivity contribution in [2.45, 2.75) is 32.1 Å². The van der Waals surface area contributed by atoms with Gasteiger partial charge in [-0.2, -0.15) is 0 Å². The van der Waals surface area contributed by atoms with Crippen LogP contribution in [-0.2, 0) is 0 Å². The van der Waals surface area contributed by atoms with Crippen molar-refractivity contribution in [3.63, 3.8) is 0 Å². The summed E-state index contributed by atoms with van der Waals surface area (Å²) < 4.78 is 25.1. The molecule has 19 heavy (non-hydrogen) atoms. The highest BCUT2D eigenvalue weighted by atomic mass is 35.5. The van der Waals surface area contributed by atoms with Gasteiger partial charge in [0, 0.05) is 13.0 Å². The summed E-state index contributed by atoms with van der Waals surface area (Å²) in [6, 6.07) is 6.47. The van der Waals surface area contributed by atoms with E-state index in [9.17, 15) is 13.6 Å². The zero-order chi connectivity index (χ0) is 14.3. The molecule has 1 rings (SSSR count). The number of nitrogens with one attached hydrogen (secondary N) is 2. The van der Waals surface area contributed by atoms with Crippen LogP contribution in [0.15, 0.2) is 24.3 Å².